The van der Waals surface area contributed by atoms with E-state index in [4.69, 9.17) is 4.42 Å². The standard InChI is InChI=1S/C16H23N5O2/c1-11(2)8-14(13-6-5-7-17-9-13)18-16(22)21(4)10-15-20-19-12(3)23-15/h5-7,9,11,14H,8,10H2,1-4H3,(H,18,22)/t14-/m1/s1. The van der Waals surface area contributed by atoms with Crippen LogP contribution in [0.5, 0.6) is 0 Å². The highest BCUT2D eigenvalue weighted by Crippen LogP contribution is 2.20. The normalized spacial score (nSPS) is 12.2. The number of hydrogen-bond acceptors (Lipinski definition) is 5. The van der Waals surface area contributed by atoms with Gasteiger partial charge in [0.15, 0.2) is 0 Å². The summed E-state index contributed by atoms with van der Waals surface area (Å²) in [5.41, 5.74) is 0.997. The van der Waals surface area contributed by atoms with E-state index in [-0.39, 0.29) is 18.6 Å². The van der Waals surface area contributed by atoms with Crippen LogP contribution in [0.3, 0.4) is 0 Å². The monoisotopic (exact) mass is 317 g/mol. The lowest BCUT2D eigenvalue weighted by atomic mass is 9.98. The molecule has 7 nitrogen and oxygen atoms in total. The molecule has 0 fully saturated rings. The Morgan fingerprint density at radius 2 is 2.17 bits per heavy atom. The van der Waals surface area contributed by atoms with Crippen molar-refractivity contribution < 1.29 is 9.21 Å². The van der Waals surface area contributed by atoms with E-state index < -0.39 is 0 Å². The minimum atomic E-state index is -0.185. The maximum atomic E-state index is 12.4. The van der Waals surface area contributed by atoms with Gasteiger partial charge in [-0.2, -0.15) is 0 Å². The average Bonchev–Trinajstić information content (AvgIpc) is 2.92. The molecule has 0 unspecified atom stereocenters. The number of hydrogen-bond donors (Lipinski definition) is 1. The van der Waals surface area contributed by atoms with Gasteiger partial charge in [-0.05, 0) is 24.0 Å². The lowest BCUT2D eigenvalue weighted by Gasteiger charge is -2.24. The van der Waals surface area contributed by atoms with E-state index in [0.717, 1.165) is 12.0 Å². The highest BCUT2D eigenvalue weighted by atomic mass is 16.4. The van der Waals surface area contributed by atoms with Gasteiger partial charge in [-0.25, -0.2) is 4.79 Å². The first-order chi connectivity index (χ1) is 11.0. The highest BCUT2D eigenvalue weighted by molar-refractivity contribution is 5.74. The predicted octanol–water partition coefficient (Wildman–Crippen LogP) is 2.70. The smallest absolute Gasteiger partial charge is 0.318 e. The number of aromatic nitrogens is 3. The number of urea groups is 1. The zero-order valence-corrected chi connectivity index (χ0v) is 14.0. The maximum Gasteiger partial charge on any atom is 0.318 e. The summed E-state index contributed by atoms with van der Waals surface area (Å²) in [6, 6.07) is 3.58. The first kappa shape index (κ1) is 16.9. The van der Waals surface area contributed by atoms with Crippen LogP contribution in [0.15, 0.2) is 28.9 Å². The number of pyridine rings is 1. The number of carbonyl (C=O) groups excluding carboxylic acids is 1. The Bertz CT molecular complexity index is 626. The van der Waals surface area contributed by atoms with Crippen LogP contribution in [0.25, 0.3) is 0 Å². The van der Waals surface area contributed by atoms with Crippen LogP contribution in [-0.2, 0) is 6.54 Å². The van der Waals surface area contributed by atoms with Gasteiger partial charge in [0.05, 0.1) is 6.04 Å². The summed E-state index contributed by atoms with van der Waals surface area (Å²) in [5, 5.41) is 10.7. The fraction of sp³-hybridized carbons (Fsp3) is 0.500. The summed E-state index contributed by atoms with van der Waals surface area (Å²) in [6.07, 6.45) is 4.35. The summed E-state index contributed by atoms with van der Waals surface area (Å²) < 4.78 is 5.30. The van der Waals surface area contributed by atoms with E-state index >= 15 is 0 Å². The Balaban J connectivity index is 2.01. The average molecular weight is 317 g/mol. The van der Waals surface area contributed by atoms with E-state index in [1.54, 1.807) is 26.4 Å². The number of rotatable bonds is 6. The second-order valence-corrected chi connectivity index (χ2v) is 5.99. The lowest BCUT2D eigenvalue weighted by Crippen LogP contribution is -2.39. The minimum absolute atomic E-state index is 0.0805. The summed E-state index contributed by atoms with van der Waals surface area (Å²) in [7, 11) is 1.70. The number of carbonyl (C=O) groups is 1. The van der Waals surface area contributed by atoms with Gasteiger partial charge in [0, 0.05) is 26.4 Å². The molecule has 0 saturated carbocycles. The van der Waals surface area contributed by atoms with Gasteiger partial charge in [0.2, 0.25) is 11.8 Å². The lowest BCUT2D eigenvalue weighted by molar-refractivity contribution is 0.195. The zero-order valence-electron chi connectivity index (χ0n) is 14.0. The Morgan fingerprint density at radius 1 is 1.39 bits per heavy atom. The Labute approximate surface area is 136 Å². The van der Waals surface area contributed by atoms with Crippen molar-refractivity contribution >= 4 is 6.03 Å². The predicted molar refractivity (Wildman–Crippen MR) is 85.5 cm³/mol. The number of nitrogens with zero attached hydrogens (tertiary/aromatic N) is 4. The first-order valence-electron chi connectivity index (χ1n) is 7.66. The molecule has 0 radical (unpaired) electrons. The van der Waals surface area contributed by atoms with E-state index in [9.17, 15) is 4.79 Å². The summed E-state index contributed by atoms with van der Waals surface area (Å²) in [5.74, 6) is 1.35. The molecule has 2 rings (SSSR count). The molecule has 0 bridgehead atoms. The molecule has 1 N–H and O–H groups in total. The topological polar surface area (TPSA) is 84.2 Å². The third-order valence-electron chi connectivity index (χ3n) is 3.38. The van der Waals surface area contributed by atoms with Gasteiger partial charge in [-0.1, -0.05) is 19.9 Å². The SMILES string of the molecule is Cc1nnc(CN(C)C(=O)N[C@H](CC(C)C)c2cccnc2)o1. The molecular weight excluding hydrogens is 294 g/mol. The van der Waals surface area contributed by atoms with E-state index in [0.29, 0.717) is 17.7 Å². The van der Waals surface area contributed by atoms with Crippen LogP contribution in [0.4, 0.5) is 4.79 Å². The first-order valence-corrected chi connectivity index (χ1v) is 7.66. The third-order valence-corrected chi connectivity index (χ3v) is 3.38. The van der Waals surface area contributed by atoms with Crippen molar-refractivity contribution in [2.75, 3.05) is 7.05 Å². The van der Waals surface area contributed by atoms with Crippen LogP contribution in [0.1, 0.15) is 43.7 Å². The molecule has 1 atom stereocenters. The fourth-order valence-electron chi connectivity index (χ4n) is 2.27. The third kappa shape index (κ3) is 5.05. The molecule has 0 aliphatic carbocycles. The molecule has 0 aromatic carbocycles. The van der Waals surface area contributed by atoms with Crippen LogP contribution < -0.4 is 5.32 Å². The van der Waals surface area contributed by atoms with Crippen LogP contribution >= 0.6 is 0 Å². The molecule has 0 spiro atoms. The van der Waals surface area contributed by atoms with Crippen molar-refractivity contribution in [1.29, 1.82) is 0 Å². The van der Waals surface area contributed by atoms with Gasteiger partial charge in [-0.15, -0.1) is 10.2 Å². The van der Waals surface area contributed by atoms with Gasteiger partial charge < -0.3 is 14.6 Å². The molecule has 2 heterocycles. The molecule has 2 aromatic heterocycles. The Morgan fingerprint density at radius 3 is 2.74 bits per heavy atom. The van der Waals surface area contributed by atoms with Gasteiger partial charge in [0.25, 0.3) is 0 Å². The van der Waals surface area contributed by atoms with E-state index in [2.05, 4.69) is 34.3 Å². The van der Waals surface area contributed by atoms with E-state index in [1.165, 1.54) is 4.90 Å². The number of nitrogens with one attached hydrogen (secondary N) is 1. The van der Waals surface area contributed by atoms with Gasteiger partial charge >= 0.3 is 6.03 Å². The van der Waals surface area contributed by atoms with Gasteiger partial charge in [0.1, 0.15) is 6.54 Å². The van der Waals surface area contributed by atoms with Crippen LogP contribution in [-0.4, -0.2) is 33.2 Å². The molecule has 23 heavy (non-hydrogen) atoms. The molecule has 0 saturated heterocycles. The van der Waals surface area contributed by atoms with E-state index in [1.807, 2.05) is 12.1 Å². The Kier molecular flexibility index (Phi) is 5.67. The van der Waals surface area contributed by atoms with Crippen molar-refractivity contribution in [2.45, 2.75) is 39.8 Å². The number of aryl methyl sites for hydroxylation is 1. The summed E-state index contributed by atoms with van der Waals surface area (Å²) in [4.78, 5) is 18.1. The minimum Gasteiger partial charge on any atom is -0.424 e. The largest absolute Gasteiger partial charge is 0.424 e. The van der Waals surface area contributed by atoms with Crippen molar-refractivity contribution in [2.24, 2.45) is 5.92 Å². The van der Waals surface area contributed by atoms with Crippen LogP contribution in [0.2, 0.25) is 0 Å². The zero-order chi connectivity index (χ0) is 16.8. The molecule has 0 aliphatic heterocycles. The second kappa shape index (κ2) is 7.71. The van der Waals surface area contributed by atoms with Crippen molar-refractivity contribution in [3.63, 3.8) is 0 Å². The summed E-state index contributed by atoms with van der Waals surface area (Å²) >= 11 is 0. The molecule has 124 valence electrons. The highest BCUT2D eigenvalue weighted by Gasteiger charge is 2.19. The maximum absolute atomic E-state index is 12.4. The summed E-state index contributed by atoms with van der Waals surface area (Å²) in [6.45, 7) is 6.24. The molecule has 2 aromatic rings. The van der Waals surface area contributed by atoms with Crippen molar-refractivity contribution in [3.8, 4) is 0 Å². The second-order valence-electron chi connectivity index (χ2n) is 5.99. The van der Waals surface area contributed by atoms with Crippen molar-refractivity contribution in [1.82, 2.24) is 25.4 Å². The van der Waals surface area contributed by atoms with Crippen LogP contribution in [0, 0.1) is 12.8 Å². The fourth-order valence-corrected chi connectivity index (χ4v) is 2.27. The van der Waals surface area contributed by atoms with Gasteiger partial charge in [-0.3, -0.25) is 4.98 Å². The van der Waals surface area contributed by atoms with Crippen molar-refractivity contribution in [3.05, 3.63) is 41.9 Å². The quantitative estimate of drug-likeness (QED) is 0.885. The molecule has 7 heteroatoms. The molecule has 2 amide bonds. The number of amides is 2. The molecule has 0 aliphatic rings. The Hall–Kier alpha value is -2.44. The molecular formula is C16H23N5O2.